The summed E-state index contributed by atoms with van der Waals surface area (Å²) in [6.45, 7) is 3.70. The first-order valence-electron chi connectivity index (χ1n) is 3.56. The van der Waals surface area contributed by atoms with Crippen molar-refractivity contribution in [3.8, 4) is 0 Å². The van der Waals surface area contributed by atoms with E-state index >= 15 is 0 Å². The Labute approximate surface area is 67.0 Å². The van der Waals surface area contributed by atoms with E-state index in [0.29, 0.717) is 6.42 Å². The van der Waals surface area contributed by atoms with Gasteiger partial charge >= 0.3 is 0 Å². The zero-order chi connectivity index (χ0) is 8.10. The number of hydrogen-bond donors (Lipinski definition) is 1. The Morgan fingerprint density at radius 3 is 2.45 bits per heavy atom. The van der Waals surface area contributed by atoms with Gasteiger partial charge in [-0.1, -0.05) is 30.3 Å². The summed E-state index contributed by atoms with van der Waals surface area (Å²) in [4.78, 5) is 0. The summed E-state index contributed by atoms with van der Waals surface area (Å²) in [5, 5.41) is 8.78. The lowest BCUT2D eigenvalue weighted by Crippen LogP contribution is -1.80. The summed E-state index contributed by atoms with van der Waals surface area (Å²) in [7, 11) is 0. The van der Waals surface area contributed by atoms with Gasteiger partial charge in [-0.25, -0.2) is 0 Å². The first-order valence-corrected chi connectivity index (χ1v) is 3.56. The molecule has 0 fully saturated rings. The van der Waals surface area contributed by atoms with Gasteiger partial charge in [0.1, 0.15) is 0 Å². The molecule has 0 heterocycles. The maximum Gasteiger partial charge on any atom is 0.0829 e. The molecule has 0 saturated carbocycles. The third-order valence-corrected chi connectivity index (χ3v) is 1.57. The van der Waals surface area contributed by atoms with E-state index < -0.39 is 0 Å². The Bertz CT molecular complexity index is 236. The Morgan fingerprint density at radius 1 is 1.36 bits per heavy atom. The molecule has 57 valence electrons. The highest BCUT2D eigenvalue weighted by molar-refractivity contribution is 5.64. The zero-order valence-electron chi connectivity index (χ0n) is 6.33. The molecule has 11 heavy (non-hydrogen) atoms. The smallest absolute Gasteiger partial charge is 0.0829 e. The second-order valence-corrected chi connectivity index (χ2v) is 2.27. The molecule has 0 amide bonds. The largest absolute Gasteiger partial charge is 0.515 e. The molecule has 0 spiro atoms. The Kier molecular flexibility index (Phi) is 2.73. The second-order valence-electron chi connectivity index (χ2n) is 2.27. The van der Waals surface area contributed by atoms with E-state index in [-0.39, 0.29) is 0 Å². The lowest BCUT2D eigenvalue weighted by Gasteiger charge is -2.00. The van der Waals surface area contributed by atoms with Crippen LogP contribution in [0.1, 0.15) is 12.0 Å². The minimum atomic E-state index is 0.612. The standard InChI is InChI=1S/C10H11O/c1-2-9(8-11)10-6-4-3-5-7-10/h3-8,11H,1-2H2. The van der Waals surface area contributed by atoms with E-state index in [2.05, 4.69) is 6.92 Å². The van der Waals surface area contributed by atoms with Gasteiger partial charge in [-0.2, -0.15) is 0 Å². The van der Waals surface area contributed by atoms with Crippen molar-refractivity contribution in [2.75, 3.05) is 0 Å². The van der Waals surface area contributed by atoms with Crippen LogP contribution < -0.4 is 0 Å². The molecule has 1 aromatic carbocycles. The molecule has 0 atom stereocenters. The van der Waals surface area contributed by atoms with Gasteiger partial charge in [0.2, 0.25) is 0 Å². The summed E-state index contributed by atoms with van der Waals surface area (Å²) in [6, 6.07) is 9.73. The Hall–Kier alpha value is -1.24. The van der Waals surface area contributed by atoms with Gasteiger partial charge in [-0.05, 0) is 24.5 Å². The fourth-order valence-electron chi connectivity index (χ4n) is 0.936. The minimum absolute atomic E-state index is 0.612. The van der Waals surface area contributed by atoms with Crippen LogP contribution in [0.3, 0.4) is 0 Å². The first-order chi connectivity index (χ1) is 5.38. The van der Waals surface area contributed by atoms with E-state index in [0.717, 1.165) is 17.4 Å². The zero-order valence-corrected chi connectivity index (χ0v) is 6.33. The van der Waals surface area contributed by atoms with Gasteiger partial charge in [0, 0.05) is 0 Å². The number of aliphatic hydroxyl groups is 1. The van der Waals surface area contributed by atoms with Crippen LogP contribution in [0.4, 0.5) is 0 Å². The van der Waals surface area contributed by atoms with Gasteiger partial charge in [0.15, 0.2) is 0 Å². The Balaban J connectivity index is 2.92. The number of aliphatic hydroxyl groups excluding tert-OH is 1. The number of hydrogen-bond acceptors (Lipinski definition) is 1. The van der Waals surface area contributed by atoms with Gasteiger partial charge in [-0.15, -0.1) is 0 Å². The third-order valence-electron chi connectivity index (χ3n) is 1.57. The molecule has 0 aliphatic rings. The highest BCUT2D eigenvalue weighted by Gasteiger charge is 1.95. The molecular formula is C10H11O. The maximum atomic E-state index is 8.78. The molecule has 1 rings (SSSR count). The second kappa shape index (κ2) is 3.81. The normalized spacial score (nSPS) is 11.5. The number of benzene rings is 1. The van der Waals surface area contributed by atoms with Crippen molar-refractivity contribution >= 4 is 5.57 Å². The highest BCUT2D eigenvalue weighted by Crippen LogP contribution is 2.15. The van der Waals surface area contributed by atoms with Crippen LogP contribution in [0.5, 0.6) is 0 Å². The van der Waals surface area contributed by atoms with Crippen molar-refractivity contribution in [2.45, 2.75) is 6.42 Å². The summed E-state index contributed by atoms with van der Waals surface area (Å²) in [6.07, 6.45) is 1.73. The fraction of sp³-hybridized carbons (Fsp3) is 0.100. The molecule has 0 saturated heterocycles. The summed E-state index contributed by atoms with van der Waals surface area (Å²) >= 11 is 0. The van der Waals surface area contributed by atoms with Crippen LogP contribution in [0.2, 0.25) is 0 Å². The average Bonchev–Trinajstić information content (AvgIpc) is 2.09. The molecule has 1 heteroatoms. The molecule has 0 unspecified atom stereocenters. The van der Waals surface area contributed by atoms with Crippen LogP contribution in [0.25, 0.3) is 5.57 Å². The van der Waals surface area contributed by atoms with Crippen LogP contribution >= 0.6 is 0 Å². The molecule has 0 aliphatic heterocycles. The molecule has 0 aliphatic carbocycles. The van der Waals surface area contributed by atoms with E-state index in [1.54, 1.807) is 0 Å². The van der Waals surface area contributed by atoms with Gasteiger partial charge in [0.25, 0.3) is 0 Å². The minimum Gasteiger partial charge on any atom is -0.515 e. The van der Waals surface area contributed by atoms with E-state index in [1.165, 1.54) is 0 Å². The number of rotatable bonds is 2. The molecule has 1 radical (unpaired) electrons. The molecular weight excluding hydrogens is 136 g/mol. The maximum absolute atomic E-state index is 8.78. The van der Waals surface area contributed by atoms with E-state index in [9.17, 15) is 0 Å². The third kappa shape index (κ3) is 1.84. The van der Waals surface area contributed by atoms with Gasteiger partial charge < -0.3 is 5.11 Å². The van der Waals surface area contributed by atoms with Crippen molar-refractivity contribution in [1.29, 1.82) is 0 Å². The number of allylic oxidation sites excluding steroid dienone is 1. The van der Waals surface area contributed by atoms with Crippen LogP contribution in [0.15, 0.2) is 36.6 Å². The van der Waals surface area contributed by atoms with Gasteiger partial charge in [0.05, 0.1) is 6.26 Å². The van der Waals surface area contributed by atoms with Gasteiger partial charge in [-0.3, -0.25) is 0 Å². The summed E-state index contributed by atoms with van der Waals surface area (Å²) in [5.41, 5.74) is 1.90. The predicted octanol–water partition coefficient (Wildman–Crippen LogP) is 2.81. The van der Waals surface area contributed by atoms with Crippen molar-refractivity contribution in [1.82, 2.24) is 0 Å². The topological polar surface area (TPSA) is 20.2 Å². The Morgan fingerprint density at radius 2 is 2.00 bits per heavy atom. The van der Waals surface area contributed by atoms with Crippen LogP contribution in [-0.4, -0.2) is 5.11 Å². The van der Waals surface area contributed by atoms with Crippen molar-refractivity contribution < 1.29 is 5.11 Å². The molecule has 1 nitrogen and oxygen atoms in total. The van der Waals surface area contributed by atoms with Crippen LogP contribution in [0, 0.1) is 6.92 Å². The van der Waals surface area contributed by atoms with Crippen molar-refractivity contribution in [3.63, 3.8) is 0 Å². The highest BCUT2D eigenvalue weighted by atomic mass is 16.2. The molecule has 1 N–H and O–H groups in total. The lowest BCUT2D eigenvalue weighted by molar-refractivity contribution is 0.475. The molecule has 1 aromatic rings. The van der Waals surface area contributed by atoms with Crippen LogP contribution in [-0.2, 0) is 0 Å². The van der Waals surface area contributed by atoms with Crippen molar-refractivity contribution in [3.05, 3.63) is 49.1 Å². The summed E-state index contributed by atoms with van der Waals surface area (Å²) < 4.78 is 0. The molecule has 0 bridgehead atoms. The lowest BCUT2D eigenvalue weighted by atomic mass is 10.1. The van der Waals surface area contributed by atoms with E-state index in [1.807, 2.05) is 30.3 Å². The quantitative estimate of drug-likeness (QED) is 0.638. The SMILES string of the molecule is [CH2]CC(=CO)c1ccccc1. The fourth-order valence-corrected chi connectivity index (χ4v) is 0.936. The van der Waals surface area contributed by atoms with E-state index in [4.69, 9.17) is 5.11 Å². The first kappa shape index (κ1) is 7.86. The van der Waals surface area contributed by atoms with Crippen molar-refractivity contribution in [2.24, 2.45) is 0 Å². The predicted molar refractivity (Wildman–Crippen MR) is 47.0 cm³/mol. The monoisotopic (exact) mass is 147 g/mol. The summed E-state index contributed by atoms with van der Waals surface area (Å²) in [5.74, 6) is 0. The average molecular weight is 147 g/mol. The molecule has 0 aromatic heterocycles.